The molecule has 0 radical (unpaired) electrons. The van der Waals surface area contributed by atoms with Gasteiger partial charge in [-0.2, -0.15) is 0 Å². The van der Waals surface area contributed by atoms with Crippen molar-refractivity contribution < 1.29 is 19.1 Å². The third-order valence-corrected chi connectivity index (χ3v) is 2.84. The molecule has 1 fully saturated rings. The second kappa shape index (κ2) is 4.87. The summed E-state index contributed by atoms with van der Waals surface area (Å²) in [5, 5.41) is 9.10. The largest absolute Gasteiger partial charge is 0.475 e. The summed E-state index contributed by atoms with van der Waals surface area (Å²) in [7, 11) is 0. The number of aromatic carboxylic acids is 1. The number of hydrogen-bond donors (Lipinski definition) is 1. The SMILES string of the molecule is CC(C)c1nc(C2CCCCO2)c(C(=O)O)o1. The molecular formula is C12H17NO4. The summed E-state index contributed by atoms with van der Waals surface area (Å²) in [6.07, 6.45) is 2.64. The van der Waals surface area contributed by atoms with Crippen LogP contribution in [0.2, 0.25) is 0 Å². The number of carboxylic acid groups (broad SMARTS) is 1. The van der Waals surface area contributed by atoms with Gasteiger partial charge in [0.05, 0.1) is 0 Å². The van der Waals surface area contributed by atoms with Crippen LogP contribution < -0.4 is 0 Å². The van der Waals surface area contributed by atoms with Crippen LogP contribution in [0.5, 0.6) is 0 Å². The minimum atomic E-state index is -1.08. The van der Waals surface area contributed by atoms with E-state index in [1.807, 2.05) is 13.8 Å². The second-order valence-electron chi connectivity index (χ2n) is 4.58. The van der Waals surface area contributed by atoms with E-state index in [1.165, 1.54) is 0 Å². The van der Waals surface area contributed by atoms with Crippen LogP contribution in [0.1, 0.15) is 67.3 Å². The van der Waals surface area contributed by atoms with Crippen LogP contribution in [0.25, 0.3) is 0 Å². The summed E-state index contributed by atoms with van der Waals surface area (Å²) in [5.41, 5.74) is 0.445. The van der Waals surface area contributed by atoms with E-state index < -0.39 is 5.97 Å². The Kier molecular flexibility index (Phi) is 3.47. The number of aromatic nitrogens is 1. The van der Waals surface area contributed by atoms with E-state index in [1.54, 1.807) is 0 Å². The van der Waals surface area contributed by atoms with Gasteiger partial charge in [-0.05, 0) is 19.3 Å². The maximum absolute atomic E-state index is 11.1. The third kappa shape index (κ3) is 2.49. The lowest BCUT2D eigenvalue weighted by molar-refractivity contribution is 0.0108. The first kappa shape index (κ1) is 12.1. The summed E-state index contributed by atoms with van der Waals surface area (Å²) in [6, 6.07) is 0. The van der Waals surface area contributed by atoms with Crippen LogP contribution in [0.4, 0.5) is 0 Å². The first-order valence-electron chi connectivity index (χ1n) is 5.95. The first-order valence-corrected chi connectivity index (χ1v) is 5.95. The van der Waals surface area contributed by atoms with E-state index in [0.717, 1.165) is 19.3 Å². The summed E-state index contributed by atoms with van der Waals surface area (Å²) in [4.78, 5) is 15.4. The van der Waals surface area contributed by atoms with Crippen molar-refractivity contribution in [2.24, 2.45) is 0 Å². The molecule has 1 atom stereocenters. The van der Waals surface area contributed by atoms with Gasteiger partial charge in [0.15, 0.2) is 5.89 Å². The Morgan fingerprint density at radius 2 is 2.24 bits per heavy atom. The molecule has 0 aliphatic carbocycles. The van der Waals surface area contributed by atoms with Crippen molar-refractivity contribution in [1.82, 2.24) is 4.98 Å². The van der Waals surface area contributed by atoms with Gasteiger partial charge in [-0.1, -0.05) is 13.8 Å². The molecule has 0 aromatic carbocycles. The van der Waals surface area contributed by atoms with E-state index >= 15 is 0 Å². The van der Waals surface area contributed by atoms with Crippen LogP contribution in [0.15, 0.2) is 4.42 Å². The molecule has 2 rings (SSSR count). The van der Waals surface area contributed by atoms with Gasteiger partial charge in [0.1, 0.15) is 11.8 Å². The molecule has 5 nitrogen and oxygen atoms in total. The number of ether oxygens (including phenoxy) is 1. The maximum atomic E-state index is 11.1. The second-order valence-corrected chi connectivity index (χ2v) is 4.58. The zero-order valence-electron chi connectivity index (χ0n) is 10.1. The molecular weight excluding hydrogens is 222 g/mol. The zero-order valence-corrected chi connectivity index (χ0v) is 10.1. The van der Waals surface area contributed by atoms with Crippen molar-refractivity contribution in [3.05, 3.63) is 17.3 Å². The van der Waals surface area contributed by atoms with Crippen molar-refractivity contribution in [3.8, 4) is 0 Å². The number of hydrogen-bond acceptors (Lipinski definition) is 4. The third-order valence-electron chi connectivity index (χ3n) is 2.84. The lowest BCUT2D eigenvalue weighted by Gasteiger charge is -2.20. The zero-order chi connectivity index (χ0) is 12.4. The van der Waals surface area contributed by atoms with Crippen molar-refractivity contribution >= 4 is 5.97 Å². The fourth-order valence-electron chi connectivity index (χ4n) is 1.92. The van der Waals surface area contributed by atoms with Crippen LogP contribution in [-0.4, -0.2) is 22.7 Å². The van der Waals surface area contributed by atoms with Crippen LogP contribution in [-0.2, 0) is 4.74 Å². The molecule has 1 aliphatic rings. The van der Waals surface area contributed by atoms with Crippen LogP contribution >= 0.6 is 0 Å². The Balaban J connectivity index is 2.32. The molecule has 0 bridgehead atoms. The van der Waals surface area contributed by atoms with Gasteiger partial charge in [0.25, 0.3) is 0 Å². The monoisotopic (exact) mass is 239 g/mol. The summed E-state index contributed by atoms with van der Waals surface area (Å²) in [6.45, 7) is 4.50. The predicted molar refractivity (Wildman–Crippen MR) is 60.1 cm³/mol. The fraction of sp³-hybridized carbons (Fsp3) is 0.667. The van der Waals surface area contributed by atoms with Gasteiger partial charge in [0, 0.05) is 12.5 Å². The normalized spacial score (nSPS) is 20.8. The Morgan fingerprint density at radius 1 is 1.47 bits per heavy atom. The lowest BCUT2D eigenvalue weighted by Crippen LogP contribution is -2.14. The molecule has 5 heteroatoms. The standard InChI is InChI=1S/C12H17NO4/c1-7(2)11-13-9(10(17-11)12(14)15)8-5-3-4-6-16-8/h7-8H,3-6H2,1-2H3,(H,14,15). The molecule has 0 saturated carbocycles. The minimum Gasteiger partial charge on any atom is -0.475 e. The van der Waals surface area contributed by atoms with Gasteiger partial charge >= 0.3 is 5.97 Å². The van der Waals surface area contributed by atoms with E-state index in [2.05, 4.69) is 4.98 Å². The smallest absolute Gasteiger partial charge is 0.373 e. The summed E-state index contributed by atoms with van der Waals surface area (Å²) in [5.74, 6) is -0.605. The average molecular weight is 239 g/mol. The Hall–Kier alpha value is -1.36. The van der Waals surface area contributed by atoms with Gasteiger partial charge in [-0.25, -0.2) is 9.78 Å². The summed E-state index contributed by atoms with van der Waals surface area (Å²) < 4.78 is 10.9. The molecule has 2 heterocycles. The van der Waals surface area contributed by atoms with E-state index in [-0.39, 0.29) is 17.8 Å². The first-order chi connectivity index (χ1) is 8.09. The average Bonchev–Trinajstić information content (AvgIpc) is 2.75. The highest BCUT2D eigenvalue weighted by atomic mass is 16.5. The molecule has 1 unspecified atom stereocenters. The highest BCUT2D eigenvalue weighted by molar-refractivity contribution is 5.85. The van der Waals surface area contributed by atoms with Crippen LogP contribution in [0.3, 0.4) is 0 Å². The lowest BCUT2D eigenvalue weighted by atomic mass is 10.1. The number of carboxylic acids is 1. The molecule has 1 N–H and O–H groups in total. The number of rotatable bonds is 3. The number of nitrogens with zero attached hydrogens (tertiary/aromatic N) is 1. The summed E-state index contributed by atoms with van der Waals surface area (Å²) >= 11 is 0. The van der Waals surface area contributed by atoms with E-state index in [9.17, 15) is 4.79 Å². The molecule has 0 amide bonds. The quantitative estimate of drug-likeness (QED) is 0.877. The van der Waals surface area contributed by atoms with Gasteiger partial charge in [0.2, 0.25) is 5.76 Å². The highest BCUT2D eigenvalue weighted by Crippen LogP contribution is 2.31. The maximum Gasteiger partial charge on any atom is 0.373 e. The number of carbonyl (C=O) groups is 1. The molecule has 94 valence electrons. The number of oxazole rings is 1. The Bertz CT molecular complexity index is 405. The molecule has 1 saturated heterocycles. The van der Waals surface area contributed by atoms with Gasteiger partial charge < -0.3 is 14.3 Å². The molecule has 17 heavy (non-hydrogen) atoms. The molecule has 1 aliphatic heterocycles. The van der Waals surface area contributed by atoms with Crippen molar-refractivity contribution in [1.29, 1.82) is 0 Å². The van der Waals surface area contributed by atoms with Gasteiger partial charge in [-0.3, -0.25) is 0 Å². The van der Waals surface area contributed by atoms with Crippen LogP contribution in [0, 0.1) is 0 Å². The van der Waals surface area contributed by atoms with Crippen molar-refractivity contribution in [3.63, 3.8) is 0 Å². The molecule has 1 aromatic rings. The van der Waals surface area contributed by atoms with Crippen molar-refractivity contribution in [2.75, 3.05) is 6.61 Å². The minimum absolute atomic E-state index is 0.0689. The molecule has 0 spiro atoms. The van der Waals surface area contributed by atoms with E-state index in [4.69, 9.17) is 14.3 Å². The Labute approximate surface area is 99.8 Å². The Morgan fingerprint density at radius 3 is 2.76 bits per heavy atom. The highest BCUT2D eigenvalue weighted by Gasteiger charge is 2.28. The topological polar surface area (TPSA) is 72.6 Å². The fourth-order valence-corrected chi connectivity index (χ4v) is 1.92. The molecule has 1 aromatic heterocycles. The van der Waals surface area contributed by atoms with E-state index in [0.29, 0.717) is 18.2 Å². The van der Waals surface area contributed by atoms with Gasteiger partial charge in [-0.15, -0.1) is 0 Å². The van der Waals surface area contributed by atoms with Crippen molar-refractivity contribution in [2.45, 2.75) is 45.1 Å². The predicted octanol–water partition coefficient (Wildman–Crippen LogP) is 2.74.